The summed E-state index contributed by atoms with van der Waals surface area (Å²) in [4.78, 5) is 8.19. The first-order valence-electron chi connectivity index (χ1n) is 5.54. The second-order valence-corrected chi connectivity index (χ2v) is 4.83. The molecule has 0 saturated carbocycles. The van der Waals surface area contributed by atoms with Crippen LogP contribution in [0.15, 0.2) is 36.9 Å². The molecular weight excluding hydrogens is 268 g/mol. The van der Waals surface area contributed by atoms with E-state index >= 15 is 0 Å². The van der Waals surface area contributed by atoms with Crippen molar-refractivity contribution in [3.05, 3.63) is 36.9 Å². The standard InChI is InChI=1S/C11H12N4O3S/c16-10(8-19(17)18)7-15-5-2-9(6-14-15)11-12-3-1-4-13-11/h1-6,10,16H,7-8H2/p+1. The van der Waals surface area contributed by atoms with Gasteiger partial charge in [-0.1, -0.05) is 4.68 Å². The van der Waals surface area contributed by atoms with E-state index in [2.05, 4.69) is 15.1 Å². The molecule has 2 aromatic rings. The molecule has 0 saturated heterocycles. The van der Waals surface area contributed by atoms with Gasteiger partial charge in [0.1, 0.15) is 12.3 Å². The van der Waals surface area contributed by atoms with Crippen LogP contribution in [0.3, 0.4) is 0 Å². The minimum Gasteiger partial charge on any atom is -0.385 e. The average Bonchev–Trinajstić information content (AvgIpc) is 2.39. The van der Waals surface area contributed by atoms with Crippen LogP contribution in [0, 0.1) is 0 Å². The number of rotatable bonds is 5. The summed E-state index contributed by atoms with van der Waals surface area (Å²) in [5.41, 5.74) is 0.761. The van der Waals surface area contributed by atoms with Crippen LogP contribution in [-0.2, 0) is 17.6 Å². The molecule has 0 spiro atoms. The molecule has 0 fully saturated rings. The molecule has 8 heteroatoms. The number of aromatic nitrogens is 4. The zero-order chi connectivity index (χ0) is 13.7. The van der Waals surface area contributed by atoms with E-state index in [0.717, 1.165) is 5.56 Å². The Morgan fingerprint density at radius 3 is 2.68 bits per heavy atom. The highest BCUT2D eigenvalue weighted by Gasteiger charge is 2.15. The SMILES string of the molecule is O=S(O)CC(O)C[n+]1ccc(-c2ncccn2)cn1. The first kappa shape index (κ1) is 13.7. The van der Waals surface area contributed by atoms with Crippen molar-refractivity contribution in [1.82, 2.24) is 15.1 Å². The Balaban J connectivity index is 2.05. The molecule has 100 valence electrons. The zero-order valence-electron chi connectivity index (χ0n) is 9.96. The summed E-state index contributed by atoms with van der Waals surface area (Å²) >= 11 is -2.01. The van der Waals surface area contributed by atoms with Crippen molar-refractivity contribution in [2.75, 3.05) is 5.75 Å². The highest BCUT2D eigenvalue weighted by atomic mass is 32.2. The number of nitrogens with zero attached hydrogens (tertiary/aromatic N) is 4. The number of aliphatic hydroxyl groups excluding tert-OH is 1. The monoisotopic (exact) mass is 281 g/mol. The van der Waals surface area contributed by atoms with Gasteiger partial charge in [-0.05, 0) is 11.2 Å². The lowest BCUT2D eigenvalue weighted by Crippen LogP contribution is -2.44. The molecule has 2 N–H and O–H groups in total. The third-order valence-electron chi connectivity index (χ3n) is 2.33. The zero-order valence-corrected chi connectivity index (χ0v) is 10.8. The lowest BCUT2D eigenvalue weighted by Gasteiger charge is -2.02. The van der Waals surface area contributed by atoms with E-state index in [1.54, 1.807) is 36.9 Å². The van der Waals surface area contributed by atoms with Crippen LogP contribution in [-0.4, -0.2) is 40.8 Å². The Morgan fingerprint density at radius 2 is 2.11 bits per heavy atom. The average molecular weight is 281 g/mol. The Bertz CT molecular complexity index is 550. The second kappa shape index (κ2) is 6.41. The van der Waals surface area contributed by atoms with Crippen LogP contribution < -0.4 is 4.68 Å². The van der Waals surface area contributed by atoms with Crippen LogP contribution in [0.1, 0.15) is 0 Å². The fourth-order valence-electron chi connectivity index (χ4n) is 1.51. The first-order valence-corrected chi connectivity index (χ1v) is 6.81. The Morgan fingerprint density at radius 1 is 1.37 bits per heavy atom. The van der Waals surface area contributed by atoms with E-state index in [1.807, 2.05) is 0 Å². The molecule has 0 bridgehead atoms. The number of hydrogen-bond donors (Lipinski definition) is 2. The van der Waals surface area contributed by atoms with Gasteiger partial charge in [0.15, 0.2) is 23.1 Å². The maximum absolute atomic E-state index is 10.5. The molecule has 2 heterocycles. The molecule has 0 aliphatic carbocycles. The van der Waals surface area contributed by atoms with Gasteiger partial charge >= 0.3 is 0 Å². The highest BCUT2D eigenvalue weighted by molar-refractivity contribution is 7.79. The Kier molecular flexibility index (Phi) is 4.61. The molecule has 2 aromatic heterocycles. The smallest absolute Gasteiger partial charge is 0.200 e. The van der Waals surface area contributed by atoms with Crippen molar-refractivity contribution in [3.63, 3.8) is 0 Å². The van der Waals surface area contributed by atoms with E-state index < -0.39 is 17.2 Å². The van der Waals surface area contributed by atoms with Crippen molar-refractivity contribution in [2.24, 2.45) is 0 Å². The van der Waals surface area contributed by atoms with Crippen molar-refractivity contribution < 1.29 is 18.5 Å². The normalized spacial score (nSPS) is 14.0. The van der Waals surface area contributed by atoms with Gasteiger partial charge in [0, 0.05) is 24.0 Å². The van der Waals surface area contributed by atoms with E-state index in [0.29, 0.717) is 5.82 Å². The van der Waals surface area contributed by atoms with Gasteiger partial charge in [-0.25, -0.2) is 14.2 Å². The summed E-state index contributed by atoms with van der Waals surface area (Å²) < 4.78 is 20.7. The first-order chi connectivity index (χ1) is 9.15. The lowest BCUT2D eigenvalue weighted by atomic mass is 10.3. The predicted octanol–water partition coefficient (Wildman–Crippen LogP) is -0.591. The van der Waals surface area contributed by atoms with Crippen molar-refractivity contribution in [1.29, 1.82) is 0 Å². The summed E-state index contributed by atoms with van der Waals surface area (Å²) in [5.74, 6) is 0.372. The third-order valence-corrected chi connectivity index (χ3v) is 3.00. The van der Waals surface area contributed by atoms with Crippen LogP contribution in [0.2, 0.25) is 0 Å². The molecule has 0 radical (unpaired) electrons. The lowest BCUT2D eigenvalue weighted by molar-refractivity contribution is -0.758. The van der Waals surface area contributed by atoms with Crippen LogP contribution in [0.5, 0.6) is 0 Å². The fourth-order valence-corrected chi connectivity index (χ4v) is 1.94. The van der Waals surface area contributed by atoms with E-state index in [4.69, 9.17) is 4.55 Å². The maximum atomic E-state index is 10.5. The molecular formula is C11H13N4O3S+. The predicted molar refractivity (Wildman–Crippen MR) is 67.1 cm³/mol. The molecule has 19 heavy (non-hydrogen) atoms. The topological polar surface area (TPSA) is 100 Å². The molecule has 0 aliphatic heterocycles. The third kappa shape index (κ3) is 4.12. The van der Waals surface area contributed by atoms with Crippen molar-refractivity contribution in [2.45, 2.75) is 12.6 Å². The van der Waals surface area contributed by atoms with Gasteiger partial charge in [0.25, 0.3) is 0 Å². The van der Waals surface area contributed by atoms with Gasteiger partial charge in [-0.3, -0.25) is 0 Å². The largest absolute Gasteiger partial charge is 0.385 e. The Labute approximate surface area is 112 Å². The molecule has 0 amide bonds. The Hall–Kier alpha value is -1.77. The molecule has 0 aliphatic rings. The number of aliphatic hydroxyl groups is 1. The van der Waals surface area contributed by atoms with Gasteiger partial charge in [0.2, 0.25) is 6.54 Å². The summed E-state index contributed by atoms with van der Waals surface area (Å²) in [5, 5.41) is 13.6. The molecule has 2 rings (SSSR count). The van der Waals surface area contributed by atoms with Crippen LogP contribution in [0.25, 0.3) is 11.4 Å². The van der Waals surface area contributed by atoms with E-state index in [9.17, 15) is 9.32 Å². The summed E-state index contributed by atoms with van der Waals surface area (Å²) in [6.45, 7) is 0.155. The van der Waals surface area contributed by atoms with Gasteiger partial charge in [0.05, 0.1) is 5.75 Å². The maximum Gasteiger partial charge on any atom is 0.200 e. The van der Waals surface area contributed by atoms with Gasteiger partial charge in [-0.15, -0.1) is 0 Å². The van der Waals surface area contributed by atoms with Crippen molar-refractivity contribution in [3.8, 4) is 11.4 Å². The van der Waals surface area contributed by atoms with E-state index in [1.165, 1.54) is 4.68 Å². The summed E-state index contributed by atoms with van der Waals surface area (Å²) in [6, 6.07) is 3.50. The van der Waals surface area contributed by atoms with Gasteiger partial charge < -0.3 is 9.66 Å². The fraction of sp³-hybridized carbons (Fsp3) is 0.273. The highest BCUT2D eigenvalue weighted by Crippen LogP contribution is 2.09. The molecule has 2 atom stereocenters. The summed E-state index contributed by atoms with van der Waals surface area (Å²) in [6.07, 6.45) is 5.61. The number of hydrogen-bond acceptors (Lipinski definition) is 5. The minimum absolute atomic E-state index is 0.155. The minimum atomic E-state index is -2.01. The molecule has 0 aromatic carbocycles. The summed E-state index contributed by atoms with van der Waals surface area (Å²) in [7, 11) is 0. The van der Waals surface area contributed by atoms with Crippen LogP contribution in [0.4, 0.5) is 0 Å². The van der Waals surface area contributed by atoms with Crippen LogP contribution >= 0.6 is 0 Å². The molecule has 7 nitrogen and oxygen atoms in total. The second-order valence-electron chi connectivity index (χ2n) is 3.85. The van der Waals surface area contributed by atoms with Crippen molar-refractivity contribution >= 4 is 11.1 Å². The van der Waals surface area contributed by atoms with Gasteiger partial charge in [-0.2, -0.15) is 0 Å². The van der Waals surface area contributed by atoms with E-state index in [-0.39, 0.29) is 12.3 Å². The molecule has 2 unspecified atom stereocenters. The quantitative estimate of drug-likeness (QED) is 0.561.